The van der Waals surface area contributed by atoms with Crippen molar-refractivity contribution < 1.29 is 18.9 Å². The van der Waals surface area contributed by atoms with E-state index in [2.05, 4.69) is 10.6 Å². The molecule has 1 fully saturated rings. The quantitative estimate of drug-likeness (QED) is 0.697. The Hall–Kier alpha value is -1.66. The lowest BCUT2D eigenvalue weighted by molar-refractivity contribution is -0.885. The molecule has 1 aliphatic rings. The summed E-state index contributed by atoms with van der Waals surface area (Å²) >= 11 is 5.62. The first kappa shape index (κ1) is 13.8. The molecule has 2 rings (SSSR count). The van der Waals surface area contributed by atoms with Gasteiger partial charge in [-0.05, 0) is 18.2 Å². The molecule has 1 aliphatic heterocycles. The van der Waals surface area contributed by atoms with Gasteiger partial charge in [-0.2, -0.15) is 0 Å². The Labute approximate surface area is 114 Å². The van der Waals surface area contributed by atoms with Crippen LogP contribution in [0.4, 0.5) is 10.1 Å². The maximum absolute atomic E-state index is 13.5. The van der Waals surface area contributed by atoms with E-state index < -0.39 is 5.82 Å². The fraction of sp³-hybridized carbons (Fsp3) is 0.333. The molecule has 1 unspecified atom stereocenters. The predicted octanol–water partition coefficient (Wildman–Crippen LogP) is -0.568. The second-order valence-corrected chi connectivity index (χ2v) is 4.81. The second kappa shape index (κ2) is 5.99. The number of hydrogen-bond donors (Lipinski definition) is 3. The second-order valence-electron chi connectivity index (χ2n) is 4.38. The average Bonchev–Trinajstić information content (AvgIpc) is 2.33. The van der Waals surface area contributed by atoms with Crippen molar-refractivity contribution >= 4 is 29.1 Å². The number of quaternary nitrogens is 1. The molecule has 1 aromatic rings. The average molecular weight is 287 g/mol. The van der Waals surface area contributed by atoms with Crippen molar-refractivity contribution in [2.24, 2.45) is 0 Å². The molecular formula is C12H14ClFN3O2+. The van der Waals surface area contributed by atoms with Crippen molar-refractivity contribution in [1.82, 2.24) is 5.32 Å². The molecule has 0 bridgehead atoms. The summed E-state index contributed by atoms with van der Waals surface area (Å²) in [6.07, 6.45) is 0. The first-order valence-corrected chi connectivity index (χ1v) is 6.27. The van der Waals surface area contributed by atoms with Crippen LogP contribution in [0.2, 0.25) is 5.02 Å². The lowest BCUT2D eigenvalue weighted by Crippen LogP contribution is -3.16. The van der Waals surface area contributed by atoms with Gasteiger partial charge in [0.05, 0.1) is 18.8 Å². The molecule has 3 N–H and O–H groups in total. The Bertz CT molecular complexity index is 510. The number of carbonyl (C=O) groups is 2. The number of rotatable bonds is 3. The van der Waals surface area contributed by atoms with Crippen LogP contribution in [0.25, 0.3) is 0 Å². The fourth-order valence-electron chi connectivity index (χ4n) is 1.92. The van der Waals surface area contributed by atoms with Gasteiger partial charge < -0.3 is 15.5 Å². The van der Waals surface area contributed by atoms with E-state index in [1.165, 1.54) is 12.1 Å². The molecule has 0 spiro atoms. The Kier molecular flexibility index (Phi) is 4.34. The molecular weight excluding hydrogens is 273 g/mol. The zero-order valence-corrected chi connectivity index (χ0v) is 10.9. The summed E-state index contributed by atoms with van der Waals surface area (Å²) in [6.45, 7) is 1.63. The van der Waals surface area contributed by atoms with Gasteiger partial charge in [0.25, 0.3) is 11.8 Å². The van der Waals surface area contributed by atoms with Crippen molar-refractivity contribution in [2.45, 2.75) is 0 Å². The van der Waals surface area contributed by atoms with Gasteiger partial charge in [-0.3, -0.25) is 9.59 Å². The van der Waals surface area contributed by atoms with Crippen LogP contribution in [0.5, 0.6) is 0 Å². The largest absolute Gasteiger partial charge is 0.346 e. The van der Waals surface area contributed by atoms with E-state index in [0.717, 1.165) is 11.0 Å². The van der Waals surface area contributed by atoms with E-state index >= 15 is 0 Å². The number of amides is 2. The van der Waals surface area contributed by atoms with E-state index in [1.807, 2.05) is 0 Å². The summed E-state index contributed by atoms with van der Waals surface area (Å²) in [5.74, 6) is -0.982. The summed E-state index contributed by atoms with van der Waals surface area (Å²) < 4.78 is 13.5. The normalized spacial score (nSPS) is 18.8. The van der Waals surface area contributed by atoms with Crippen molar-refractivity contribution in [2.75, 3.05) is 31.5 Å². The van der Waals surface area contributed by atoms with Crippen LogP contribution in [0, 0.1) is 5.82 Å². The standard InChI is InChI=1S/C12H13ClFN3O2/c13-8-1-2-10(9(14)5-8)16-12(19)7-17-4-3-15-11(18)6-17/h1-2,5H,3-4,6-7H2,(H,15,18)(H,16,19)/p+1. The van der Waals surface area contributed by atoms with Crippen LogP contribution in [-0.2, 0) is 9.59 Å². The number of hydrogen-bond acceptors (Lipinski definition) is 2. The zero-order valence-electron chi connectivity index (χ0n) is 10.1. The van der Waals surface area contributed by atoms with Gasteiger partial charge in [-0.1, -0.05) is 11.6 Å². The van der Waals surface area contributed by atoms with Gasteiger partial charge in [0.2, 0.25) is 0 Å². The molecule has 19 heavy (non-hydrogen) atoms. The van der Waals surface area contributed by atoms with Gasteiger partial charge in [0, 0.05) is 5.02 Å². The van der Waals surface area contributed by atoms with Crippen LogP contribution in [0.1, 0.15) is 0 Å². The number of benzene rings is 1. The zero-order chi connectivity index (χ0) is 13.8. The van der Waals surface area contributed by atoms with E-state index in [-0.39, 0.29) is 35.6 Å². The molecule has 0 radical (unpaired) electrons. The molecule has 7 heteroatoms. The molecule has 1 aromatic carbocycles. The molecule has 102 valence electrons. The highest BCUT2D eigenvalue weighted by Crippen LogP contribution is 2.18. The van der Waals surface area contributed by atoms with E-state index in [9.17, 15) is 14.0 Å². The molecule has 1 heterocycles. The molecule has 0 saturated carbocycles. The third kappa shape index (κ3) is 3.90. The predicted molar refractivity (Wildman–Crippen MR) is 68.6 cm³/mol. The van der Waals surface area contributed by atoms with Crippen LogP contribution >= 0.6 is 11.6 Å². The minimum Gasteiger partial charge on any atom is -0.346 e. The summed E-state index contributed by atoms with van der Waals surface area (Å²) in [4.78, 5) is 23.8. The maximum Gasteiger partial charge on any atom is 0.279 e. The van der Waals surface area contributed by atoms with Gasteiger partial charge >= 0.3 is 0 Å². The highest BCUT2D eigenvalue weighted by atomic mass is 35.5. The molecule has 5 nitrogen and oxygen atoms in total. The Morgan fingerprint density at radius 3 is 3.00 bits per heavy atom. The van der Waals surface area contributed by atoms with Crippen molar-refractivity contribution in [3.63, 3.8) is 0 Å². The minimum absolute atomic E-state index is 0.0771. The third-order valence-corrected chi connectivity index (χ3v) is 3.06. The van der Waals surface area contributed by atoms with Crippen LogP contribution < -0.4 is 15.5 Å². The first-order valence-electron chi connectivity index (χ1n) is 5.90. The summed E-state index contributed by atoms with van der Waals surface area (Å²) in [5, 5.41) is 5.43. The van der Waals surface area contributed by atoms with Gasteiger partial charge in [-0.15, -0.1) is 0 Å². The monoisotopic (exact) mass is 286 g/mol. The molecule has 2 amide bonds. The number of nitrogens with one attached hydrogen (secondary N) is 3. The summed E-state index contributed by atoms with van der Waals surface area (Å²) in [7, 11) is 0. The summed E-state index contributed by atoms with van der Waals surface area (Å²) in [6, 6.07) is 4.05. The molecule has 1 saturated heterocycles. The van der Waals surface area contributed by atoms with Crippen molar-refractivity contribution in [3.8, 4) is 0 Å². The molecule has 1 atom stereocenters. The SMILES string of the molecule is O=C1C[NH+](CC(=O)Nc2ccc(Cl)cc2F)CCN1. The van der Waals surface area contributed by atoms with Crippen LogP contribution in [-0.4, -0.2) is 38.0 Å². The number of anilines is 1. The van der Waals surface area contributed by atoms with Crippen molar-refractivity contribution in [1.29, 1.82) is 0 Å². The Morgan fingerprint density at radius 2 is 2.32 bits per heavy atom. The van der Waals surface area contributed by atoms with Gasteiger partial charge in [0.15, 0.2) is 13.1 Å². The lowest BCUT2D eigenvalue weighted by atomic mass is 10.3. The smallest absolute Gasteiger partial charge is 0.279 e. The maximum atomic E-state index is 13.5. The van der Waals surface area contributed by atoms with Gasteiger partial charge in [-0.25, -0.2) is 4.39 Å². The first-order chi connectivity index (χ1) is 9.04. The summed E-state index contributed by atoms with van der Waals surface area (Å²) in [5.41, 5.74) is 0.0928. The highest BCUT2D eigenvalue weighted by Gasteiger charge is 2.22. The highest BCUT2D eigenvalue weighted by molar-refractivity contribution is 6.30. The third-order valence-electron chi connectivity index (χ3n) is 2.83. The number of piperazine rings is 1. The van der Waals surface area contributed by atoms with E-state index in [4.69, 9.17) is 11.6 Å². The Balaban J connectivity index is 1.92. The van der Waals surface area contributed by atoms with E-state index in [1.54, 1.807) is 0 Å². The Morgan fingerprint density at radius 1 is 1.53 bits per heavy atom. The molecule has 0 aromatic heterocycles. The topological polar surface area (TPSA) is 62.6 Å². The molecule has 0 aliphatic carbocycles. The van der Waals surface area contributed by atoms with Crippen LogP contribution in [0.15, 0.2) is 18.2 Å². The number of carbonyl (C=O) groups excluding carboxylic acids is 2. The van der Waals surface area contributed by atoms with Gasteiger partial charge in [0.1, 0.15) is 5.82 Å². The lowest BCUT2D eigenvalue weighted by Gasteiger charge is -2.22. The fourth-order valence-corrected chi connectivity index (χ4v) is 2.08. The minimum atomic E-state index is -0.577. The number of halogens is 2. The van der Waals surface area contributed by atoms with Crippen LogP contribution in [0.3, 0.4) is 0 Å². The van der Waals surface area contributed by atoms with E-state index in [0.29, 0.717) is 13.1 Å². The van der Waals surface area contributed by atoms with Crippen molar-refractivity contribution in [3.05, 3.63) is 29.0 Å².